The van der Waals surface area contributed by atoms with Gasteiger partial charge in [0.2, 0.25) is 17.7 Å². The maximum absolute atomic E-state index is 13.2. The van der Waals surface area contributed by atoms with Crippen molar-refractivity contribution in [1.29, 1.82) is 0 Å². The number of unbranched alkanes of at least 4 members (excludes halogenated alkanes) is 12. The van der Waals surface area contributed by atoms with Gasteiger partial charge in [0.05, 0.1) is 123 Å². The summed E-state index contributed by atoms with van der Waals surface area (Å²) < 4.78 is 50.0. The number of amides is 5. The molecule has 1 fully saturated rings. The molecule has 2 N–H and O–H groups in total. The summed E-state index contributed by atoms with van der Waals surface area (Å²) in [5.74, 6) is -2.70. The van der Waals surface area contributed by atoms with Crippen LogP contribution in [0.5, 0.6) is 0 Å². The number of anilines is 1. The lowest BCUT2D eigenvalue weighted by Gasteiger charge is -2.27. The third-order valence-corrected chi connectivity index (χ3v) is 10.8. The number of ether oxygens (including phenoxy) is 9. The number of benzene rings is 1. The number of carbonyl (C=O) groups excluding carboxylic acids is 5. The minimum Gasteiger partial charge on any atom is -0.379 e. The Morgan fingerprint density at radius 3 is 1.37 bits per heavy atom. The smallest absolute Gasteiger partial charge is 0.264 e. The van der Waals surface area contributed by atoms with Crippen LogP contribution in [0.2, 0.25) is 0 Å². The Morgan fingerprint density at radius 1 is 0.538 bits per heavy atom. The number of fused-ring (bicyclic) bond motifs is 1. The predicted octanol–water partition coefficient (Wildman–Crippen LogP) is 6.05. The Morgan fingerprint density at radius 2 is 0.938 bits per heavy atom. The highest BCUT2D eigenvalue weighted by Crippen LogP contribution is 2.32. The molecule has 2 aliphatic heterocycles. The maximum Gasteiger partial charge on any atom is 0.264 e. The van der Waals surface area contributed by atoms with E-state index >= 15 is 0 Å². The van der Waals surface area contributed by atoms with E-state index in [1.165, 1.54) is 70.3 Å². The first-order valence-electron chi connectivity index (χ1n) is 24.3. The molecular formula is C48H79N3O14. The van der Waals surface area contributed by atoms with Crippen LogP contribution in [0.25, 0.3) is 0 Å². The molecule has 1 aromatic carbocycles. The van der Waals surface area contributed by atoms with Crippen LogP contribution in [-0.4, -0.2) is 159 Å². The summed E-state index contributed by atoms with van der Waals surface area (Å²) >= 11 is 0. The van der Waals surface area contributed by atoms with Crippen LogP contribution in [0.1, 0.15) is 137 Å². The van der Waals surface area contributed by atoms with E-state index in [1.807, 2.05) is 0 Å². The summed E-state index contributed by atoms with van der Waals surface area (Å²) in [6.45, 7) is 11.7. The van der Waals surface area contributed by atoms with Crippen LogP contribution in [0, 0.1) is 0 Å². The summed E-state index contributed by atoms with van der Waals surface area (Å²) in [6, 6.07) is 3.54. The van der Waals surface area contributed by atoms with Crippen molar-refractivity contribution in [2.75, 3.05) is 124 Å². The molecule has 2 heterocycles. The molecule has 1 aromatic rings. The average molecular weight is 922 g/mol. The molecule has 370 valence electrons. The summed E-state index contributed by atoms with van der Waals surface area (Å²) in [5.41, 5.74) is 0.391. The molecule has 1 saturated heterocycles. The number of nitrogens with zero attached hydrogens (tertiary/aromatic N) is 1. The van der Waals surface area contributed by atoms with E-state index < -0.39 is 29.7 Å². The molecule has 17 heteroatoms. The second-order valence-corrected chi connectivity index (χ2v) is 16.1. The van der Waals surface area contributed by atoms with Gasteiger partial charge in [-0.3, -0.25) is 34.2 Å². The predicted molar refractivity (Wildman–Crippen MR) is 244 cm³/mol. The van der Waals surface area contributed by atoms with Gasteiger partial charge in [0, 0.05) is 26.1 Å². The molecule has 0 spiro atoms. The van der Waals surface area contributed by atoms with Crippen molar-refractivity contribution >= 4 is 35.2 Å². The van der Waals surface area contributed by atoms with Crippen LogP contribution < -0.4 is 10.6 Å². The van der Waals surface area contributed by atoms with E-state index in [0.717, 1.165) is 30.8 Å². The number of carbonyl (C=O) groups is 5. The number of rotatable bonds is 44. The van der Waals surface area contributed by atoms with Crippen LogP contribution in [0.4, 0.5) is 5.69 Å². The number of nitrogens with one attached hydrogen (secondary N) is 2. The monoisotopic (exact) mass is 922 g/mol. The van der Waals surface area contributed by atoms with Gasteiger partial charge in [0.15, 0.2) is 0 Å². The lowest BCUT2D eigenvalue weighted by molar-refractivity contribution is -0.136. The van der Waals surface area contributed by atoms with Crippen molar-refractivity contribution in [3.63, 3.8) is 0 Å². The zero-order valence-corrected chi connectivity index (χ0v) is 39.2. The topological polar surface area (TPSA) is 196 Å². The first kappa shape index (κ1) is 55.9. The van der Waals surface area contributed by atoms with E-state index in [-0.39, 0.29) is 42.0 Å². The fraction of sp³-hybridized carbons (Fsp3) is 0.771. The Hall–Kier alpha value is -3.39. The van der Waals surface area contributed by atoms with Crippen molar-refractivity contribution in [3.05, 3.63) is 29.3 Å². The second kappa shape index (κ2) is 37.7. The minimum atomic E-state index is -1.07. The number of imide groups is 2. The van der Waals surface area contributed by atoms with E-state index in [4.69, 9.17) is 42.6 Å². The molecule has 65 heavy (non-hydrogen) atoms. The van der Waals surface area contributed by atoms with Gasteiger partial charge in [-0.25, -0.2) is 0 Å². The summed E-state index contributed by atoms with van der Waals surface area (Å²) in [6.07, 6.45) is 17.2. The summed E-state index contributed by atoms with van der Waals surface area (Å²) in [5, 5.41) is 4.92. The Bertz CT molecular complexity index is 1470. The van der Waals surface area contributed by atoms with E-state index in [1.54, 1.807) is 12.1 Å². The summed E-state index contributed by atoms with van der Waals surface area (Å²) in [4.78, 5) is 63.6. The molecule has 0 bridgehead atoms. The normalized spacial score (nSPS) is 15.0. The second-order valence-electron chi connectivity index (χ2n) is 16.1. The van der Waals surface area contributed by atoms with Crippen molar-refractivity contribution in [1.82, 2.24) is 10.2 Å². The summed E-state index contributed by atoms with van der Waals surface area (Å²) in [7, 11) is 0. The molecule has 3 rings (SSSR count). The zero-order chi connectivity index (χ0) is 46.4. The van der Waals surface area contributed by atoms with Gasteiger partial charge in [0.1, 0.15) is 6.04 Å². The van der Waals surface area contributed by atoms with Gasteiger partial charge in [-0.2, -0.15) is 0 Å². The lowest BCUT2D eigenvalue weighted by Crippen LogP contribution is -2.54. The quantitative estimate of drug-likeness (QED) is 0.0567. The fourth-order valence-electron chi connectivity index (χ4n) is 7.23. The standard InChI is InChI=1S/C48H79N3O14/c1-2-3-4-5-6-7-8-9-10-11-14-22-57-24-26-59-28-30-61-32-34-63-36-38-65-39-37-64-35-33-62-31-29-60-27-25-58-23-15-12-13-19-43(52)49-41-18-16-17-40-45(41)48(56)51(47(40)55)42-20-21-44(53)50-46(42)54/h16-18,42H,2-15,19-39H2,1H3,(H,49,52)(H,50,53,54). The maximum atomic E-state index is 13.2. The van der Waals surface area contributed by atoms with Gasteiger partial charge in [-0.15, -0.1) is 0 Å². The minimum absolute atomic E-state index is 0.0300. The van der Waals surface area contributed by atoms with Gasteiger partial charge >= 0.3 is 0 Å². The largest absolute Gasteiger partial charge is 0.379 e. The van der Waals surface area contributed by atoms with E-state index in [0.29, 0.717) is 119 Å². The Labute approximate surface area is 386 Å². The molecule has 0 radical (unpaired) electrons. The number of piperidine rings is 1. The zero-order valence-electron chi connectivity index (χ0n) is 39.2. The highest BCUT2D eigenvalue weighted by atomic mass is 16.6. The van der Waals surface area contributed by atoms with Crippen LogP contribution >= 0.6 is 0 Å². The third kappa shape index (κ3) is 25.4. The average Bonchev–Trinajstić information content (AvgIpc) is 3.55. The molecular weight excluding hydrogens is 843 g/mol. The highest BCUT2D eigenvalue weighted by Gasteiger charge is 2.45. The molecule has 17 nitrogen and oxygen atoms in total. The SMILES string of the molecule is CCCCCCCCCCCCCOCCOCCOCCOCCOCCOCCOCCOCCOCCCCCC(=O)Nc1cccc2c1C(=O)N(C1CCC(=O)NC1=O)C2=O. The Kier molecular flexibility index (Phi) is 32.4. The third-order valence-electron chi connectivity index (χ3n) is 10.8. The molecule has 0 saturated carbocycles. The van der Waals surface area contributed by atoms with Crippen molar-refractivity contribution in [2.24, 2.45) is 0 Å². The molecule has 0 aromatic heterocycles. The van der Waals surface area contributed by atoms with Crippen molar-refractivity contribution in [2.45, 2.75) is 122 Å². The number of hydrogen-bond acceptors (Lipinski definition) is 14. The number of hydrogen-bond donors (Lipinski definition) is 2. The molecule has 0 aliphatic carbocycles. The highest BCUT2D eigenvalue weighted by molar-refractivity contribution is 6.26. The fourth-order valence-corrected chi connectivity index (χ4v) is 7.23. The van der Waals surface area contributed by atoms with Crippen LogP contribution in [-0.2, 0) is 57.0 Å². The molecule has 1 atom stereocenters. The lowest BCUT2D eigenvalue weighted by atomic mass is 10.0. The Balaban J connectivity index is 0.971. The molecule has 2 aliphatic rings. The van der Waals surface area contributed by atoms with Crippen LogP contribution in [0.3, 0.4) is 0 Å². The first-order valence-corrected chi connectivity index (χ1v) is 24.3. The molecule has 5 amide bonds. The van der Waals surface area contributed by atoms with E-state index in [9.17, 15) is 24.0 Å². The van der Waals surface area contributed by atoms with Crippen molar-refractivity contribution < 1.29 is 66.6 Å². The first-order chi connectivity index (χ1) is 31.9. The van der Waals surface area contributed by atoms with Gasteiger partial charge in [-0.05, 0) is 37.8 Å². The molecule has 1 unspecified atom stereocenters. The van der Waals surface area contributed by atoms with E-state index in [2.05, 4.69) is 17.6 Å². The van der Waals surface area contributed by atoms with Gasteiger partial charge in [-0.1, -0.05) is 83.6 Å². The van der Waals surface area contributed by atoms with Crippen LogP contribution in [0.15, 0.2) is 18.2 Å². The van der Waals surface area contributed by atoms with Gasteiger partial charge in [0.25, 0.3) is 11.8 Å². The van der Waals surface area contributed by atoms with Crippen molar-refractivity contribution in [3.8, 4) is 0 Å². The van der Waals surface area contributed by atoms with Gasteiger partial charge < -0.3 is 47.9 Å².